The van der Waals surface area contributed by atoms with Gasteiger partial charge in [0, 0.05) is 25.0 Å². The Bertz CT molecular complexity index is 910. The van der Waals surface area contributed by atoms with Crippen molar-refractivity contribution in [3.63, 3.8) is 0 Å². The lowest BCUT2D eigenvalue weighted by Crippen LogP contribution is -2.30. The number of hydrogen-bond acceptors (Lipinski definition) is 5. The van der Waals surface area contributed by atoms with Crippen molar-refractivity contribution in [2.45, 2.75) is 26.9 Å². The normalized spacial score (nSPS) is 10.8. The third kappa shape index (κ3) is 4.49. The number of ether oxygens (including phenoxy) is 1. The van der Waals surface area contributed by atoms with Gasteiger partial charge in [-0.2, -0.15) is 11.3 Å². The van der Waals surface area contributed by atoms with Gasteiger partial charge in [0.25, 0.3) is 5.91 Å². The summed E-state index contributed by atoms with van der Waals surface area (Å²) in [6, 6.07) is 7.46. The molecule has 3 aromatic rings. The van der Waals surface area contributed by atoms with Gasteiger partial charge in [-0.05, 0) is 54.4 Å². The van der Waals surface area contributed by atoms with E-state index in [4.69, 9.17) is 9.15 Å². The van der Waals surface area contributed by atoms with Gasteiger partial charge in [-0.15, -0.1) is 0 Å². The first kappa shape index (κ1) is 19.0. The van der Waals surface area contributed by atoms with Crippen LogP contribution in [0.5, 0.6) is 0 Å². The van der Waals surface area contributed by atoms with Crippen molar-refractivity contribution in [1.82, 2.24) is 9.47 Å². The van der Waals surface area contributed by atoms with Crippen molar-refractivity contribution in [2.75, 3.05) is 13.7 Å². The minimum absolute atomic E-state index is 0.237. The van der Waals surface area contributed by atoms with Gasteiger partial charge in [-0.3, -0.25) is 4.79 Å². The van der Waals surface area contributed by atoms with Crippen LogP contribution in [-0.4, -0.2) is 35.0 Å². The lowest BCUT2D eigenvalue weighted by atomic mass is 10.2. The predicted molar refractivity (Wildman–Crippen MR) is 103 cm³/mol. The summed E-state index contributed by atoms with van der Waals surface area (Å²) in [6.07, 6.45) is 1.62. The maximum atomic E-state index is 12.4. The Hall–Kier alpha value is -2.80. The monoisotopic (exact) mass is 386 g/mol. The number of aromatic nitrogens is 1. The predicted octanol–water partition coefficient (Wildman–Crippen LogP) is 3.62. The smallest absolute Gasteiger partial charge is 0.340 e. The van der Waals surface area contributed by atoms with Crippen LogP contribution in [0.3, 0.4) is 0 Å². The van der Waals surface area contributed by atoms with Crippen LogP contribution in [-0.2, 0) is 22.6 Å². The number of rotatable bonds is 7. The van der Waals surface area contributed by atoms with Crippen LogP contribution in [0.2, 0.25) is 0 Å². The summed E-state index contributed by atoms with van der Waals surface area (Å²) in [5.74, 6) is 0.0759. The van der Waals surface area contributed by atoms with Crippen LogP contribution in [0, 0.1) is 13.8 Å². The average Bonchev–Trinajstić information content (AvgIpc) is 3.39. The Morgan fingerprint density at radius 3 is 2.78 bits per heavy atom. The Labute approximate surface area is 162 Å². The standard InChI is InChI=1S/C20H22N2O4S/c1-14-9-18(15(2)22(14)11-17-5-4-7-25-17)20(24)26-12-19(23)21(3)10-16-6-8-27-13-16/h4-9,13H,10-12H2,1-3H3. The van der Waals surface area contributed by atoms with Crippen molar-refractivity contribution in [3.8, 4) is 0 Å². The first-order valence-corrected chi connectivity index (χ1v) is 9.51. The molecule has 0 aromatic carbocycles. The number of aryl methyl sites for hydroxylation is 1. The van der Waals surface area contributed by atoms with Gasteiger partial charge >= 0.3 is 5.97 Å². The highest BCUT2D eigenvalue weighted by Crippen LogP contribution is 2.18. The van der Waals surface area contributed by atoms with E-state index in [1.165, 1.54) is 0 Å². The number of thiophene rings is 1. The van der Waals surface area contributed by atoms with E-state index < -0.39 is 5.97 Å². The lowest BCUT2D eigenvalue weighted by molar-refractivity contribution is -0.133. The van der Waals surface area contributed by atoms with Gasteiger partial charge in [0.15, 0.2) is 6.61 Å². The average molecular weight is 386 g/mol. The van der Waals surface area contributed by atoms with Gasteiger partial charge in [-0.25, -0.2) is 4.79 Å². The summed E-state index contributed by atoms with van der Waals surface area (Å²) >= 11 is 1.58. The zero-order valence-electron chi connectivity index (χ0n) is 15.6. The molecule has 142 valence electrons. The molecule has 3 rings (SSSR count). The Kier molecular flexibility index (Phi) is 5.81. The molecule has 0 fully saturated rings. The Morgan fingerprint density at radius 2 is 2.11 bits per heavy atom. The Balaban J connectivity index is 1.60. The van der Waals surface area contributed by atoms with Crippen LogP contribution in [0.25, 0.3) is 0 Å². The minimum atomic E-state index is -0.494. The van der Waals surface area contributed by atoms with Gasteiger partial charge in [0.1, 0.15) is 5.76 Å². The number of furan rings is 1. The molecule has 0 aliphatic heterocycles. The van der Waals surface area contributed by atoms with Crippen LogP contribution in [0.15, 0.2) is 45.7 Å². The summed E-state index contributed by atoms with van der Waals surface area (Å²) in [7, 11) is 1.70. The van der Waals surface area contributed by atoms with Crippen LogP contribution in [0.1, 0.15) is 33.1 Å². The van der Waals surface area contributed by atoms with E-state index in [0.717, 1.165) is 22.7 Å². The number of nitrogens with zero attached hydrogens (tertiary/aromatic N) is 2. The van der Waals surface area contributed by atoms with Gasteiger partial charge in [0.05, 0.1) is 18.4 Å². The molecule has 0 aliphatic carbocycles. The number of esters is 1. The molecule has 1 amide bonds. The summed E-state index contributed by atoms with van der Waals surface area (Å²) in [5.41, 5.74) is 3.24. The molecule has 0 bridgehead atoms. The Morgan fingerprint density at radius 1 is 1.30 bits per heavy atom. The van der Waals surface area contributed by atoms with E-state index in [-0.39, 0.29) is 12.5 Å². The molecule has 0 saturated carbocycles. The van der Waals surface area contributed by atoms with Gasteiger partial charge in [-0.1, -0.05) is 0 Å². The quantitative estimate of drug-likeness (QED) is 0.582. The molecule has 0 aliphatic rings. The summed E-state index contributed by atoms with van der Waals surface area (Å²) < 4.78 is 12.6. The number of likely N-dealkylation sites (N-methyl/N-ethyl adjacent to an activating group) is 1. The number of amides is 1. The van der Waals surface area contributed by atoms with E-state index in [1.54, 1.807) is 35.6 Å². The summed E-state index contributed by atoms with van der Waals surface area (Å²) in [6.45, 7) is 4.54. The maximum Gasteiger partial charge on any atom is 0.340 e. The van der Waals surface area contributed by atoms with E-state index in [0.29, 0.717) is 18.7 Å². The highest BCUT2D eigenvalue weighted by atomic mass is 32.1. The maximum absolute atomic E-state index is 12.4. The molecule has 0 N–H and O–H groups in total. The van der Waals surface area contributed by atoms with E-state index in [9.17, 15) is 9.59 Å². The van der Waals surface area contributed by atoms with E-state index in [1.807, 2.05) is 47.4 Å². The van der Waals surface area contributed by atoms with Crippen molar-refractivity contribution < 1.29 is 18.7 Å². The van der Waals surface area contributed by atoms with Crippen molar-refractivity contribution in [3.05, 3.63) is 69.6 Å². The molecule has 7 heteroatoms. The molecule has 6 nitrogen and oxygen atoms in total. The van der Waals surface area contributed by atoms with Crippen molar-refractivity contribution in [2.24, 2.45) is 0 Å². The molecule has 27 heavy (non-hydrogen) atoms. The highest BCUT2D eigenvalue weighted by molar-refractivity contribution is 7.07. The van der Waals surface area contributed by atoms with Gasteiger partial charge < -0.3 is 18.6 Å². The first-order chi connectivity index (χ1) is 13.0. The largest absolute Gasteiger partial charge is 0.467 e. The second kappa shape index (κ2) is 8.26. The fraction of sp³-hybridized carbons (Fsp3) is 0.300. The molecule has 0 spiro atoms. The third-order valence-electron chi connectivity index (χ3n) is 4.44. The van der Waals surface area contributed by atoms with Crippen LogP contribution < -0.4 is 0 Å². The lowest BCUT2D eigenvalue weighted by Gasteiger charge is -2.16. The molecule has 3 heterocycles. The zero-order chi connectivity index (χ0) is 19.4. The second-order valence-electron chi connectivity index (χ2n) is 6.41. The second-order valence-corrected chi connectivity index (χ2v) is 7.19. The molecule has 0 unspecified atom stereocenters. The van der Waals surface area contributed by atoms with Gasteiger partial charge in [0.2, 0.25) is 0 Å². The van der Waals surface area contributed by atoms with Crippen molar-refractivity contribution in [1.29, 1.82) is 0 Å². The number of carbonyl (C=O) groups is 2. The fourth-order valence-electron chi connectivity index (χ4n) is 2.87. The third-order valence-corrected chi connectivity index (χ3v) is 5.17. The van der Waals surface area contributed by atoms with E-state index in [2.05, 4.69) is 0 Å². The van der Waals surface area contributed by atoms with Crippen LogP contribution >= 0.6 is 11.3 Å². The summed E-state index contributed by atoms with van der Waals surface area (Å²) in [4.78, 5) is 26.2. The molecule has 0 saturated heterocycles. The summed E-state index contributed by atoms with van der Waals surface area (Å²) in [5, 5.41) is 3.95. The molecular formula is C20H22N2O4S. The number of carbonyl (C=O) groups excluding carboxylic acids is 2. The van der Waals surface area contributed by atoms with Crippen molar-refractivity contribution >= 4 is 23.2 Å². The first-order valence-electron chi connectivity index (χ1n) is 8.57. The SMILES string of the molecule is Cc1cc(C(=O)OCC(=O)N(C)Cc2ccsc2)c(C)n1Cc1ccco1. The molecule has 0 radical (unpaired) electrons. The van der Waals surface area contributed by atoms with Crippen LogP contribution in [0.4, 0.5) is 0 Å². The molecular weight excluding hydrogens is 364 g/mol. The fourth-order valence-corrected chi connectivity index (χ4v) is 3.53. The topological polar surface area (TPSA) is 64.7 Å². The highest BCUT2D eigenvalue weighted by Gasteiger charge is 2.19. The molecule has 0 atom stereocenters. The molecule has 3 aromatic heterocycles. The minimum Gasteiger partial charge on any atom is -0.467 e. The number of hydrogen-bond donors (Lipinski definition) is 0. The van der Waals surface area contributed by atoms with E-state index >= 15 is 0 Å². The zero-order valence-corrected chi connectivity index (χ0v) is 16.4.